The predicted molar refractivity (Wildman–Crippen MR) is 121 cm³/mol. The number of carbonyl (C=O) groups is 1. The van der Waals surface area contributed by atoms with Crippen molar-refractivity contribution >= 4 is 38.4 Å². The van der Waals surface area contributed by atoms with Crippen LogP contribution in [0.2, 0.25) is 0 Å². The van der Waals surface area contributed by atoms with Crippen LogP contribution in [-0.2, 0) is 32.2 Å². The van der Waals surface area contributed by atoms with Gasteiger partial charge in [0, 0.05) is 12.4 Å². The van der Waals surface area contributed by atoms with Crippen LogP contribution in [-0.4, -0.2) is 125 Å². The van der Waals surface area contributed by atoms with Crippen LogP contribution in [0.15, 0.2) is 25.0 Å². The molecule has 222 valence electrons. The molecule has 40 heavy (non-hydrogen) atoms. The number of hydrogen-bond donors (Lipinski definition) is 9. The number of imidazole rings is 2. The molecule has 0 radical (unpaired) electrons. The van der Waals surface area contributed by atoms with E-state index in [0.29, 0.717) is 5.65 Å². The van der Waals surface area contributed by atoms with Crippen molar-refractivity contribution in [2.24, 2.45) is 0 Å². The van der Waals surface area contributed by atoms with Gasteiger partial charge in [0.05, 0.1) is 12.9 Å². The number of ether oxygens (including phenoxy) is 2. The van der Waals surface area contributed by atoms with Crippen molar-refractivity contribution in [2.45, 2.75) is 49.1 Å². The topological polar surface area (TPSA) is 318 Å². The predicted octanol–water partition coefficient (Wildman–Crippen LogP) is -4.13. The third kappa shape index (κ3) is 6.22. The minimum absolute atomic E-state index is 0.153. The summed E-state index contributed by atoms with van der Waals surface area (Å²) >= 11 is 0. The summed E-state index contributed by atoms with van der Waals surface area (Å²) in [6, 6.07) is 0. The molecule has 0 aliphatic carbocycles. The van der Waals surface area contributed by atoms with Crippen LogP contribution >= 0.6 is 15.6 Å². The Morgan fingerprint density at radius 1 is 1.05 bits per heavy atom. The molecule has 21 nitrogen and oxygen atoms in total. The molecule has 3 aromatic heterocycles. The van der Waals surface area contributed by atoms with Crippen molar-refractivity contribution in [1.82, 2.24) is 23.9 Å². The standard InChI is InChI=1S/C17H23N5O16P2/c23-3-6(24)8(25)12(37-40(33,34)38-39(30,31)32)17(29)36-16(28)11-9(26)10(27)15(35-11)22-5-19-7-13-18-1-2-21(13)4-20-14(7)22/h1-2,4-6,8-12,15-16,23-28H,3H2,(H,33,34)(H2,30,31,32)/t6-,8-,9+,10-,11+,12-,15-,16?/m1/s1. The van der Waals surface area contributed by atoms with E-state index in [9.17, 15) is 44.4 Å². The molecule has 4 heterocycles. The quantitative estimate of drug-likeness (QED) is 0.0561. The zero-order valence-electron chi connectivity index (χ0n) is 19.6. The molecule has 0 amide bonds. The van der Waals surface area contributed by atoms with Crippen LogP contribution < -0.4 is 0 Å². The van der Waals surface area contributed by atoms with Gasteiger partial charge in [-0.1, -0.05) is 0 Å². The van der Waals surface area contributed by atoms with Crippen LogP contribution in [0, 0.1) is 0 Å². The third-order valence-corrected chi connectivity index (χ3v) is 7.77. The molecule has 4 rings (SSSR count). The minimum atomic E-state index is -5.84. The van der Waals surface area contributed by atoms with E-state index in [1.165, 1.54) is 23.4 Å². The Hall–Kier alpha value is -2.46. The summed E-state index contributed by atoms with van der Waals surface area (Å²) in [5.41, 5.74) is 0.844. The zero-order chi connectivity index (χ0) is 29.6. The lowest BCUT2D eigenvalue weighted by Crippen LogP contribution is -2.48. The molecule has 3 aromatic rings. The number of carbonyl (C=O) groups excluding carboxylic acids is 1. The number of rotatable bonds is 11. The Morgan fingerprint density at radius 2 is 1.75 bits per heavy atom. The molecule has 23 heteroatoms. The fraction of sp³-hybridized carbons (Fsp3) is 0.529. The molecule has 1 fully saturated rings. The van der Waals surface area contributed by atoms with Crippen molar-refractivity contribution in [2.75, 3.05) is 6.61 Å². The van der Waals surface area contributed by atoms with E-state index in [1.54, 1.807) is 10.6 Å². The van der Waals surface area contributed by atoms with Gasteiger partial charge in [-0.05, 0) is 0 Å². The van der Waals surface area contributed by atoms with Gasteiger partial charge >= 0.3 is 21.6 Å². The molecule has 0 saturated carbocycles. The van der Waals surface area contributed by atoms with E-state index < -0.39 is 77.4 Å². The molecule has 1 aliphatic heterocycles. The first kappa shape index (κ1) is 30.5. The maximum atomic E-state index is 12.6. The fourth-order valence-corrected chi connectivity index (χ4v) is 5.52. The van der Waals surface area contributed by atoms with Crippen molar-refractivity contribution < 1.29 is 77.6 Å². The second-order valence-electron chi connectivity index (χ2n) is 8.33. The molecule has 9 N–H and O–H groups in total. The SMILES string of the molecule is O=C(OC(O)[C@H]1O[C@@H](n2cnc3c2ncn2ccnc32)[C@H](O)[C@@H]1O)[C@H](OP(=O)(O)OP(=O)(O)O)[C@H](O)[C@H](O)CO. The number of fused-ring (bicyclic) bond motifs is 3. The second kappa shape index (κ2) is 11.4. The fourth-order valence-electron chi connectivity index (χ4n) is 3.79. The molecule has 1 aliphatic rings. The van der Waals surface area contributed by atoms with Gasteiger partial charge in [0.15, 0.2) is 35.2 Å². The normalized spacial score (nSPS) is 26.4. The second-order valence-corrected chi connectivity index (χ2v) is 11.1. The number of phosphoric acid groups is 2. The Kier molecular flexibility index (Phi) is 8.72. The first-order chi connectivity index (χ1) is 18.6. The summed E-state index contributed by atoms with van der Waals surface area (Å²) in [4.78, 5) is 52.1. The van der Waals surface area contributed by atoms with E-state index in [-0.39, 0.29) is 11.2 Å². The number of aliphatic hydroxyl groups excluding tert-OH is 6. The van der Waals surface area contributed by atoms with Crippen LogP contribution in [0.4, 0.5) is 0 Å². The largest absolute Gasteiger partial charge is 0.482 e. The maximum absolute atomic E-state index is 12.6. The molecule has 1 saturated heterocycles. The van der Waals surface area contributed by atoms with Gasteiger partial charge in [-0.25, -0.2) is 28.9 Å². The van der Waals surface area contributed by atoms with Gasteiger partial charge in [0.1, 0.15) is 30.7 Å². The van der Waals surface area contributed by atoms with Crippen LogP contribution in [0.3, 0.4) is 0 Å². The number of hydrogen-bond acceptors (Lipinski definition) is 16. The Bertz CT molecular complexity index is 1460. The summed E-state index contributed by atoms with van der Waals surface area (Å²) in [7, 11) is -11.5. The zero-order valence-corrected chi connectivity index (χ0v) is 21.4. The van der Waals surface area contributed by atoms with Crippen LogP contribution in [0.5, 0.6) is 0 Å². The summed E-state index contributed by atoms with van der Waals surface area (Å²) in [5.74, 6) is -1.94. The summed E-state index contributed by atoms with van der Waals surface area (Å²) in [5, 5.41) is 60.2. The molecule has 0 bridgehead atoms. The van der Waals surface area contributed by atoms with Gasteiger partial charge in [0.2, 0.25) is 6.29 Å². The van der Waals surface area contributed by atoms with Crippen molar-refractivity contribution in [3.63, 3.8) is 0 Å². The number of aromatic nitrogens is 5. The van der Waals surface area contributed by atoms with Gasteiger partial charge in [-0.3, -0.25) is 13.5 Å². The van der Waals surface area contributed by atoms with Gasteiger partial charge in [0.25, 0.3) is 0 Å². The highest BCUT2D eigenvalue weighted by molar-refractivity contribution is 7.60. The van der Waals surface area contributed by atoms with E-state index in [1.807, 2.05) is 0 Å². The van der Waals surface area contributed by atoms with Gasteiger partial charge in [-0.2, -0.15) is 4.31 Å². The highest BCUT2D eigenvalue weighted by Gasteiger charge is 2.50. The average Bonchev–Trinajstić information content (AvgIpc) is 3.57. The number of phosphoric ester groups is 1. The highest BCUT2D eigenvalue weighted by Crippen LogP contribution is 2.58. The van der Waals surface area contributed by atoms with Gasteiger partial charge < -0.3 is 54.8 Å². The lowest BCUT2D eigenvalue weighted by atomic mass is 10.1. The van der Waals surface area contributed by atoms with E-state index in [2.05, 4.69) is 28.5 Å². The van der Waals surface area contributed by atoms with Crippen LogP contribution in [0.1, 0.15) is 6.23 Å². The molecule has 9 atom stereocenters. The average molecular weight is 615 g/mol. The van der Waals surface area contributed by atoms with E-state index in [0.717, 1.165) is 0 Å². The van der Waals surface area contributed by atoms with Crippen molar-refractivity contribution in [3.8, 4) is 0 Å². The maximum Gasteiger partial charge on any atom is 0.482 e. The smallest absolute Gasteiger partial charge is 0.431 e. The first-order valence-corrected chi connectivity index (χ1v) is 14.0. The summed E-state index contributed by atoms with van der Waals surface area (Å²) in [6.07, 6.45) is -11.4. The molecule has 2 unspecified atom stereocenters. The summed E-state index contributed by atoms with van der Waals surface area (Å²) in [6.45, 7) is -1.23. The van der Waals surface area contributed by atoms with E-state index >= 15 is 0 Å². The molecular formula is C17H23N5O16P2. The Morgan fingerprint density at radius 3 is 2.40 bits per heavy atom. The number of nitrogens with zero attached hydrogens (tertiary/aromatic N) is 5. The molecule has 0 aromatic carbocycles. The Balaban J connectivity index is 1.53. The van der Waals surface area contributed by atoms with Crippen molar-refractivity contribution in [1.29, 1.82) is 0 Å². The van der Waals surface area contributed by atoms with Crippen LogP contribution in [0.25, 0.3) is 16.8 Å². The van der Waals surface area contributed by atoms with Gasteiger partial charge in [-0.15, -0.1) is 0 Å². The molecular weight excluding hydrogens is 592 g/mol. The minimum Gasteiger partial charge on any atom is -0.431 e. The van der Waals surface area contributed by atoms with Crippen molar-refractivity contribution in [3.05, 3.63) is 25.0 Å². The highest BCUT2D eigenvalue weighted by atomic mass is 31.3. The lowest BCUT2D eigenvalue weighted by molar-refractivity contribution is -0.214. The van der Waals surface area contributed by atoms with E-state index in [4.69, 9.17) is 19.6 Å². The Labute approximate surface area is 221 Å². The monoisotopic (exact) mass is 615 g/mol. The molecule has 0 spiro atoms. The first-order valence-electron chi connectivity index (χ1n) is 10.9. The lowest BCUT2D eigenvalue weighted by Gasteiger charge is -2.28. The summed E-state index contributed by atoms with van der Waals surface area (Å²) < 4.78 is 43.4. The number of esters is 1. The third-order valence-electron chi connectivity index (χ3n) is 5.60. The number of aliphatic hydroxyl groups is 6.